The first-order chi connectivity index (χ1) is 9.50. The maximum absolute atomic E-state index is 6.02. The van der Waals surface area contributed by atoms with Crippen LogP contribution in [0, 0.1) is 23.2 Å². The van der Waals surface area contributed by atoms with E-state index in [2.05, 4.69) is 26.1 Å². The maximum atomic E-state index is 6.02. The van der Waals surface area contributed by atoms with E-state index < -0.39 is 0 Å². The fourth-order valence-corrected chi connectivity index (χ4v) is 4.08. The molecule has 3 N–H and O–H groups in total. The zero-order valence-electron chi connectivity index (χ0n) is 14.0. The van der Waals surface area contributed by atoms with Gasteiger partial charge in [-0.2, -0.15) is 0 Å². The van der Waals surface area contributed by atoms with E-state index in [1.807, 2.05) is 0 Å². The molecule has 1 unspecified atom stereocenters. The molecule has 2 nitrogen and oxygen atoms in total. The maximum Gasteiger partial charge on any atom is 0.0218 e. The first-order valence-corrected chi connectivity index (χ1v) is 8.94. The average molecular weight is 280 g/mol. The fourth-order valence-electron chi connectivity index (χ4n) is 4.08. The number of hydrogen-bond donors (Lipinski definition) is 2. The molecule has 2 rings (SSSR count). The molecule has 0 heterocycles. The van der Waals surface area contributed by atoms with Gasteiger partial charge in [-0.1, -0.05) is 40.0 Å². The Labute approximate surface area is 126 Å². The Kier molecular flexibility index (Phi) is 5.92. The van der Waals surface area contributed by atoms with E-state index in [1.54, 1.807) is 0 Å². The van der Waals surface area contributed by atoms with Crippen LogP contribution in [0.4, 0.5) is 0 Å². The fraction of sp³-hybridized carbons (Fsp3) is 1.00. The second-order valence-electron chi connectivity index (χ2n) is 8.36. The summed E-state index contributed by atoms with van der Waals surface area (Å²) in [6.07, 6.45) is 11.3. The highest BCUT2D eigenvalue weighted by molar-refractivity contribution is 4.86. The highest BCUT2D eigenvalue weighted by Crippen LogP contribution is 2.40. The number of hydrogen-bond acceptors (Lipinski definition) is 2. The molecule has 0 aliphatic heterocycles. The molecule has 2 saturated carbocycles. The lowest BCUT2D eigenvalue weighted by Gasteiger charge is -2.39. The minimum Gasteiger partial charge on any atom is -0.329 e. The van der Waals surface area contributed by atoms with Crippen molar-refractivity contribution < 1.29 is 0 Å². The van der Waals surface area contributed by atoms with Gasteiger partial charge in [-0.25, -0.2) is 0 Å². The van der Waals surface area contributed by atoms with Gasteiger partial charge in [-0.05, 0) is 61.8 Å². The Morgan fingerprint density at radius 1 is 1.05 bits per heavy atom. The summed E-state index contributed by atoms with van der Waals surface area (Å²) in [6.45, 7) is 9.20. The second-order valence-corrected chi connectivity index (χ2v) is 8.36. The Balaban J connectivity index is 1.69. The molecule has 0 bridgehead atoms. The van der Waals surface area contributed by atoms with E-state index in [0.717, 1.165) is 24.3 Å². The van der Waals surface area contributed by atoms with Crippen LogP contribution in [-0.2, 0) is 0 Å². The quantitative estimate of drug-likeness (QED) is 0.773. The van der Waals surface area contributed by atoms with E-state index >= 15 is 0 Å². The topological polar surface area (TPSA) is 38.0 Å². The largest absolute Gasteiger partial charge is 0.329 e. The average Bonchev–Trinajstić information content (AvgIpc) is 2.36. The number of nitrogens with two attached hydrogens (primary N) is 1. The molecule has 0 amide bonds. The number of rotatable bonds is 6. The van der Waals surface area contributed by atoms with Crippen LogP contribution in [0.2, 0.25) is 0 Å². The molecular weight excluding hydrogens is 244 g/mol. The van der Waals surface area contributed by atoms with Crippen molar-refractivity contribution in [2.75, 3.05) is 13.1 Å². The van der Waals surface area contributed by atoms with E-state index in [-0.39, 0.29) is 0 Å². The highest BCUT2D eigenvalue weighted by Gasteiger charge is 2.32. The van der Waals surface area contributed by atoms with Crippen LogP contribution < -0.4 is 11.1 Å². The Bertz CT molecular complexity index is 270. The monoisotopic (exact) mass is 280 g/mol. The van der Waals surface area contributed by atoms with E-state index in [0.29, 0.717) is 11.5 Å². The van der Waals surface area contributed by atoms with Crippen molar-refractivity contribution in [3.8, 4) is 0 Å². The molecule has 0 aromatic heterocycles. The molecule has 2 fully saturated rings. The van der Waals surface area contributed by atoms with Gasteiger partial charge in [-0.15, -0.1) is 0 Å². The van der Waals surface area contributed by atoms with Gasteiger partial charge in [0, 0.05) is 12.6 Å². The second kappa shape index (κ2) is 7.26. The van der Waals surface area contributed by atoms with Gasteiger partial charge in [0.2, 0.25) is 0 Å². The van der Waals surface area contributed by atoms with Crippen LogP contribution in [0.25, 0.3) is 0 Å². The summed E-state index contributed by atoms with van der Waals surface area (Å²) in [4.78, 5) is 0. The normalized spacial score (nSPS) is 30.0. The summed E-state index contributed by atoms with van der Waals surface area (Å²) >= 11 is 0. The third-order valence-electron chi connectivity index (χ3n) is 6.00. The van der Waals surface area contributed by atoms with Crippen LogP contribution in [0.1, 0.15) is 72.1 Å². The lowest BCUT2D eigenvalue weighted by Crippen LogP contribution is -2.45. The number of nitrogens with one attached hydrogen (secondary N) is 1. The molecule has 20 heavy (non-hydrogen) atoms. The van der Waals surface area contributed by atoms with Gasteiger partial charge >= 0.3 is 0 Å². The van der Waals surface area contributed by atoms with Gasteiger partial charge in [0.15, 0.2) is 0 Å². The van der Waals surface area contributed by atoms with Gasteiger partial charge in [-0.3, -0.25) is 0 Å². The summed E-state index contributed by atoms with van der Waals surface area (Å²) in [5.41, 5.74) is 6.51. The molecule has 0 saturated heterocycles. The molecule has 1 atom stereocenters. The third kappa shape index (κ3) is 4.46. The lowest BCUT2D eigenvalue weighted by molar-refractivity contribution is 0.132. The molecule has 118 valence electrons. The van der Waals surface area contributed by atoms with Crippen LogP contribution in [-0.4, -0.2) is 19.1 Å². The van der Waals surface area contributed by atoms with Crippen molar-refractivity contribution >= 4 is 0 Å². The van der Waals surface area contributed by atoms with Crippen molar-refractivity contribution in [3.63, 3.8) is 0 Å². The zero-order chi connectivity index (χ0) is 14.6. The molecule has 2 heteroatoms. The van der Waals surface area contributed by atoms with Gasteiger partial charge in [0.05, 0.1) is 0 Å². The smallest absolute Gasteiger partial charge is 0.0218 e. The van der Waals surface area contributed by atoms with E-state index in [4.69, 9.17) is 5.73 Å². The van der Waals surface area contributed by atoms with Crippen LogP contribution in [0.5, 0.6) is 0 Å². The Hall–Kier alpha value is -0.0800. The van der Waals surface area contributed by atoms with Crippen LogP contribution in [0.3, 0.4) is 0 Å². The van der Waals surface area contributed by atoms with Crippen molar-refractivity contribution in [2.45, 2.75) is 78.2 Å². The minimum atomic E-state index is 0.487. The lowest BCUT2D eigenvalue weighted by atomic mass is 9.68. The van der Waals surface area contributed by atoms with Gasteiger partial charge in [0.1, 0.15) is 0 Å². The van der Waals surface area contributed by atoms with Gasteiger partial charge in [0.25, 0.3) is 0 Å². The molecule has 2 aliphatic rings. The zero-order valence-corrected chi connectivity index (χ0v) is 14.0. The highest BCUT2D eigenvalue weighted by atomic mass is 14.9. The minimum absolute atomic E-state index is 0.487. The van der Waals surface area contributed by atoms with Crippen LogP contribution in [0.15, 0.2) is 0 Å². The predicted molar refractivity (Wildman–Crippen MR) is 87.7 cm³/mol. The SMILES string of the molecule is CC(C)(C)C1CCC(C(CN)NCCC2CCC2)CC1. The van der Waals surface area contributed by atoms with Crippen molar-refractivity contribution in [3.05, 3.63) is 0 Å². The van der Waals surface area contributed by atoms with E-state index in [1.165, 1.54) is 57.9 Å². The Morgan fingerprint density at radius 2 is 1.70 bits per heavy atom. The third-order valence-corrected chi connectivity index (χ3v) is 6.00. The predicted octanol–water partition coefficient (Wildman–Crippen LogP) is 3.95. The van der Waals surface area contributed by atoms with Crippen molar-refractivity contribution in [1.82, 2.24) is 5.32 Å². The summed E-state index contributed by atoms with van der Waals surface area (Å²) in [5, 5.41) is 3.77. The summed E-state index contributed by atoms with van der Waals surface area (Å²) in [7, 11) is 0. The summed E-state index contributed by atoms with van der Waals surface area (Å²) < 4.78 is 0. The first-order valence-electron chi connectivity index (χ1n) is 8.94. The van der Waals surface area contributed by atoms with Crippen LogP contribution >= 0.6 is 0 Å². The van der Waals surface area contributed by atoms with Crippen molar-refractivity contribution in [1.29, 1.82) is 0 Å². The molecule has 0 spiro atoms. The van der Waals surface area contributed by atoms with E-state index in [9.17, 15) is 0 Å². The summed E-state index contributed by atoms with van der Waals surface area (Å²) in [6, 6.07) is 0.566. The Morgan fingerprint density at radius 3 is 2.15 bits per heavy atom. The first kappa shape index (κ1) is 16.3. The van der Waals surface area contributed by atoms with Crippen molar-refractivity contribution in [2.24, 2.45) is 28.9 Å². The summed E-state index contributed by atoms with van der Waals surface area (Å²) in [5.74, 6) is 2.74. The standard InChI is InChI=1S/C18H36N2/c1-18(2,3)16-9-7-15(8-10-16)17(13-19)20-12-11-14-5-4-6-14/h14-17,20H,4-13,19H2,1-3H3. The molecule has 0 aromatic rings. The molecule has 2 aliphatic carbocycles. The molecular formula is C18H36N2. The van der Waals surface area contributed by atoms with Gasteiger partial charge < -0.3 is 11.1 Å². The molecule has 0 radical (unpaired) electrons. The molecule has 0 aromatic carbocycles.